The van der Waals surface area contributed by atoms with Crippen LogP contribution in [-0.4, -0.2) is 36.2 Å². The second-order valence-corrected chi connectivity index (χ2v) is 4.62. The Balaban J connectivity index is 2.43. The van der Waals surface area contributed by atoms with Crippen molar-refractivity contribution in [3.63, 3.8) is 0 Å². The first-order valence-corrected chi connectivity index (χ1v) is 6.30. The van der Waals surface area contributed by atoms with E-state index in [1.165, 1.54) is 11.9 Å². The Morgan fingerprint density at radius 1 is 1.32 bits per heavy atom. The molecule has 1 aromatic heterocycles. The molecule has 0 aromatic carbocycles. The number of nitrogens with one attached hydrogen (secondary N) is 1. The molecule has 0 amide bonds. The number of nitrogens with zero attached hydrogens (tertiary/aromatic N) is 2. The van der Waals surface area contributed by atoms with Gasteiger partial charge in [-0.2, -0.15) is 13.2 Å². The molecule has 1 aromatic rings. The third-order valence-corrected chi connectivity index (χ3v) is 2.52. The van der Waals surface area contributed by atoms with Crippen molar-refractivity contribution in [2.45, 2.75) is 32.6 Å². The summed E-state index contributed by atoms with van der Waals surface area (Å²) in [6.45, 7) is 3.04. The molecule has 1 rings (SSSR count). The molecule has 19 heavy (non-hydrogen) atoms. The van der Waals surface area contributed by atoms with Crippen molar-refractivity contribution in [1.29, 1.82) is 0 Å². The third-order valence-electron chi connectivity index (χ3n) is 2.52. The molecule has 0 unspecified atom stereocenters. The highest BCUT2D eigenvalue weighted by Gasteiger charge is 2.29. The minimum atomic E-state index is -4.17. The summed E-state index contributed by atoms with van der Waals surface area (Å²) in [4.78, 5) is 5.38. The van der Waals surface area contributed by atoms with Gasteiger partial charge in [0, 0.05) is 19.3 Å². The van der Waals surface area contributed by atoms with Gasteiger partial charge in [0.05, 0.1) is 12.2 Å². The third kappa shape index (κ3) is 7.12. The molecule has 0 aliphatic rings. The average Bonchev–Trinajstić information content (AvgIpc) is 2.29. The molecular weight excluding hydrogens is 255 g/mol. The number of alkyl halides is 3. The molecule has 1 heterocycles. The van der Waals surface area contributed by atoms with Crippen LogP contribution >= 0.6 is 0 Å². The van der Waals surface area contributed by atoms with E-state index in [2.05, 4.69) is 17.2 Å². The lowest BCUT2D eigenvalue weighted by atomic mass is 10.2. The van der Waals surface area contributed by atoms with Gasteiger partial charge in [-0.15, -0.1) is 0 Å². The van der Waals surface area contributed by atoms with Crippen molar-refractivity contribution in [3.05, 3.63) is 29.6 Å². The molecule has 0 atom stereocenters. The second-order valence-electron chi connectivity index (χ2n) is 4.62. The lowest BCUT2D eigenvalue weighted by Gasteiger charge is -2.18. The topological polar surface area (TPSA) is 28.2 Å². The fourth-order valence-electron chi connectivity index (χ4n) is 1.70. The first kappa shape index (κ1) is 15.9. The van der Waals surface area contributed by atoms with Gasteiger partial charge in [-0.05, 0) is 31.6 Å². The van der Waals surface area contributed by atoms with Crippen molar-refractivity contribution in [2.75, 3.05) is 20.1 Å². The molecule has 3 nitrogen and oxygen atoms in total. The van der Waals surface area contributed by atoms with Crippen molar-refractivity contribution < 1.29 is 13.2 Å². The van der Waals surface area contributed by atoms with Crippen LogP contribution < -0.4 is 5.32 Å². The van der Waals surface area contributed by atoms with Crippen LogP contribution in [-0.2, 0) is 13.1 Å². The van der Waals surface area contributed by atoms with Crippen molar-refractivity contribution in [3.8, 4) is 0 Å². The average molecular weight is 275 g/mol. The minimum Gasteiger partial charge on any atom is -0.313 e. The fourth-order valence-corrected chi connectivity index (χ4v) is 1.70. The van der Waals surface area contributed by atoms with Gasteiger partial charge >= 0.3 is 6.18 Å². The van der Waals surface area contributed by atoms with E-state index in [1.54, 1.807) is 12.3 Å². The number of hydrogen-bond acceptors (Lipinski definition) is 3. The van der Waals surface area contributed by atoms with E-state index in [1.807, 2.05) is 6.07 Å². The molecule has 0 saturated carbocycles. The van der Waals surface area contributed by atoms with Gasteiger partial charge in [-0.3, -0.25) is 9.88 Å². The standard InChI is InChI=1S/C13H20F3N3/c1-3-6-17-7-11-4-5-12(18-8-11)9-19(2)10-13(14,15)16/h4-5,8,17H,3,6-7,9-10H2,1-2H3. The predicted molar refractivity (Wildman–Crippen MR) is 68.6 cm³/mol. The SMILES string of the molecule is CCCNCc1ccc(CN(C)CC(F)(F)F)nc1. The zero-order valence-electron chi connectivity index (χ0n) is 11.3. The Morgan fingerprint density at radius 2 is 2.05 bits per heavy atom. The summed E-state index contributed by atoms with van der Waals surface area (Å²) in [5, 5.41) is 3.24. The molecule has 0 spiro atoms. The van der Waals surface area contributed by atoms with Crippen molar-refractivity contribution in [2.24, 2.45) is 0 Å². The molecule has 108 valence electrons. The maximum atomic E-state index is 12.2. The molecule has 0 fully saturated rings. The van der Waals surface area contributed by atoms with Crippen LogP contribution in [0, 0.1) is 0 Å². The molecule has 6 heteroatoms. The number of rotatable bonds is 7. The Hall–Kier alpha value is -1.14. The maximum Gasteiger partial charge on any atom is 0.401 e. The van der Waals surface area contributed by atoms with Gasteiger partial charge in [-0.25, -0.2) is 0 Å². The Kier molecular flexibility index (Phi) is 6.24. The van der Waals surface area contributed by atoms with Gasteiger partial charge < -0.3 is 5.32 Å². The highest BCUT2D eigenvalue weighted by Crippen LogP contribution is 2.16. The zero-order chi connectivity index (χ0) is 14.3. The smallest absolute Gasteiger partial charge is 0.313 e. The molecule has 0 aliphatic carbocycles. The summed E-state index contributed by atoms with van der Waals surface area (Å²) in [6, 6.07) is 3.67. The molecule has 0 saturated heterocycles. The van der Waals surface area contributed by atoms with E-state index in [9.17, 15) is 13.2 Å². The number of aromatic nitrogens is 1. The quantitative estimate of drug-likeness (QED) is 0.775. The van der Waals surface area contributed by atoms with Crippen LogP contribution in [0.25, 0.3) is 0 Å². The lowest BCUT2D eigenvalue weighted by Crippen LogP contribution is -2.30. The minimum absolute atomic E-state index is 0.197. The van der Waals surface area contributed by atoms with E-state index in [0.717, 1.165) is 25.1 Å². The van der Waals surface area contributed by atoms with Crippen LogP contribution in [0.3, 0.4) is 0 Å². The van der Waals surface area contributed by atoms with Crippen molar-refractivity contribution in [1.82, 2.24) is 15.2 Å². The summed E-state index contributed by atoms with van der Waals surface area (Å²) >= 11 is 0. The van der Waals surface area contributed by atoms with Crippen LogP contribution in [0.4, 0.5) is 13.2 Å². The highest BCUT2D eigenvalue weighted by molar-refractivity contribution is 5.13. The molecule has 0 radical (unpaired) electrons. The van der Waals surface area contributed by atoms with Crippen LogP contribution in [0.1, 0.15) is 24.6 Å². The van der Waals surface area contributed by atoms with Gasteiger partial charge in [0.15, 0.2) is 0 Å². The Morgan fingerprint density at radius 3 is 2.58 bits per heavy atom. The van der Waals surface area contributed by atoms with E-state index >= 15 is 0 Å². The van der Waals surface area contributed by atoms with Gasteiger partial charge in [0.2, 0.25) is 0 Å². The highest BCUT2D eigenvalue weighted by atomic mass is 19.4. The van der Waals surface area contributed by atoms with Crippen molar-refractivity contribution >= 4 is 0 Å². The van der Waals surface area contributed by atoms with Crippen LogP contribution in [0.2, 0.25) is 0 Å². The fraction of sp³-hybridized carbons (Fsp3) is 0.615. The Labute approximate surface area is 111 Å². The van der Waals surface area contributed by atoms with E-state index in [4.69, 9.17) is 0 Å². The summed E-state index contributed by atoms with van der Waals surface area (Å²) in [5.74, 6) is 0. The molecule has 0 aliphatic heterocycles. The summed E-state index contributed by atoms with van der Waals surface area (Å²) < 4.78 is 36.5. The summed E-state index contributed by atoms with van der Waals surface area (Å²) in [6.07, 6.45) is -1.40. The lowest BCUT2D eigenvalue weighted by molar-refractivity contribution is -0.144. The van der Waals surface area contributed by atoms with Gasteiger partial charge in [0.25, 0.3) is 0 Å². The van der Waals surface area contributed by atoms with Crippen LogP contribution in [0.5, 0.6) is 0 Å². The first-order chi connectivity index (χ1) is 8.90. The molecule has 1 N–H and O–H groups in total. The normalized spacial score (nSPS) is 12.1. The van der Waals surface area contributed by atoms with E-state index in [-0.39, 0.29) is 6.54 Å². The Bertz CT molecular complexity index is 362. The monoisotopic (exact) mass is 275 g/mol. The first-order valence-electron chi connectivity index (χ1n) is 6.30. The summed E-state index contributed by atoms with van der Waals surface area (Å²) in [7, 11) is 1.44. The van der Waals surface area contributed by atoms with E-state index in [0.29, 0.717) is 5.69 Å². The largest absolute Gasteiger partial charge is 0.401 e. The van der Waals surface area contributed by atoms with Gasteiger partial charge in [-0.1, -0.05) is 13.0 Å². The number of halogens is 3. The second kappa shape index (κ2) is 7.45. The number of hydrogen-bond donors (Lipinski definition) is 1. The summed E-state index contributed by atoms with van der Waals surface area (Å²) in [5.41, 5.74) is 1.68. The maximum absolute atomic E-state index is 12.2. The number of pyridine rings is 1. The van der Waals surface area contributed by atoms with E-state index < -0.39 is 12.7 Å². The van der Waals surface area contributed by atoms with Gasteiger partial charge in [0.1, 0.15) is 0 Å². The molecule has 0 bridgehead atoms. The van der Waals surface area contributed by atoms with Crippen LogP contribution in [0.15, 0.2) is 18.3 Å². The molecular formula is C13H20F3N3. The predicted octanol–water partition coefficient (Wildman–Crippen LogP) is 2.58. The zero-order valence-corrected chi connectivity index (χ0v) is 11.3.